The number of carbonyl (C=O) groups excluding carboxylic acids is 1. The molecule has 0 amide bonds. The summed E-state index contributed by atoms with van der Waals surface area (Å²) in [6.07, 6.45) is 0. The molecule has 0 aromatic heterocycles. The largest absolute Gasteiger partial charge is 0.293 e. The lowest BCUT2D eigenvalue weighted by Gasteiger charge is -2.11. The summed E-state index contributed by atoms with van der Waals surface area (Å²) in [4.78, 5) is 17.7. The molecule has 6 heteroatoms. The molecule has 0 aliphatic heterocycles. The van der Waals surface area contributed by atoms with Gasteiger partial charge in [-0.2, -0.15) is 0 Å². The minimum atomic E-state index is -3.76. The molecule has 0 spiro atoms. The smallest absolute Gasteiger partial charge is 0.238 e. The van der Waals surface area contributed by atoms with Crippen LogP contribution in [0, 0.1) is 0 Å². The number of fused-ring (bicyclic) bond motifs is 1. The Morgan fingerprint density at radius 1 is 0.778 bits per heavy atom. The number of primary sulfonamides is 1. The van der Waals surface area contributed by atoms with Crippen LogP contribution >= 0.6 is 0 Å². The molecule has 5 nitrogen and oxygen atoms in total. The molecule has 0 bridgehead atoms. The average molecular weight is 376 g/mol. The number of Topliss-reactive ketones (excluding diaryl/α,β-unsaturated/α-hetero) is 1. The van der Waals surface area contributed by atoms with Gasteiger partial charge in [0.15, 0.2) is 5.78 Å². The molecule has 0 saturated carbocycles. The van der Waals surface area contributed by atoms with Gasteiger partial charge in [-0.25, -0.2) is 13.6 Å². The summed E-state index contributed by atoms with van der Waals surface area (Å²) >= 11 is 0. The Kier molecular flexibility index (Phi) is 4.22. The van der Waals surface area contributed by atoms with Crippen molar-refractivity contribution in [2.75, 3.05) is 0 Å². The lowest BCUT2D eigenvalue weighted by Crippen LogP contribution is -2.13. The van der Waals surface area contributed by atoms with E-state index in [1.54, 1.807) is 18.2 Å². The molecule has 0 fully saturated rings. The summed E-state index contributed by atoms with van der Waals surface area (Å²) in [5.41, 5.74) is 3.53. The van der Waals surface area contributed by atoms with Crippen molar-refractivity contribution in [1.29, 1.82) is 0 Å². The fourth-order valence-corrected chi connectivity index (χ4v) is 3.80. The van der Waals surface area contributed by atoms with Gasteiger partial charge in [-0.1, -0.05) is 54.6 Å². The van der Waals surface area contributed by atoms with Crippen LogP contribution in [0.4, 0.5) is 5.69 Å². The predicted octanol–water partition coefficient (Wildman–Crippen LogP) is 3.43. The Balaban J connectivity index is 1.85. The number of aliphatic imine (C=N–C) groups is 1. The molecule has 134 valence electrons. The highest BCUT2D eigenvalue weighted by Crippen LogP contribution is 2.36. The summed E-state index contributed by atoms with van der Waals surface area (Å²) in [5, 5.41) is 5.14. The number of benzene rings is 3. The third kappa shape index (κ3) is 3.20. The summed E-state index contributed by atoms with van der Waals surface area (Å²) in [7, 11) is -3.76. The fourth-order valence-electron chi connectivity index (χ4n) is 3.29. The first kappa shape index (κ1) is 17.3. The van der Waals surface area contributed by atoms with Crippen LogP contribution in [0.3, 0.4) is 0 Å². The van der Waals surface area contributed by atoms with Crippen LogP contribution in [-0.2, 0) is 10.0 Å². The lowest BCUT2D eigenvalue weighted by atomic mass is 9.93. The second-order valence-corrected chi connectivity index (χ2v) is 7.85. The van der Waals surface area contributed by atoms with Gasteiger partial charge in [0.05, 0.1) is 22.2 Å². The van der Waals surface area contributed by atoms with Crippen molar-refractivity contribution in [3.63, 3.8) is 0 Å². The zero-order valence-electron chi connectivity index (χ0n) is 14.2. The number of carbonyl (C=O) groups is 1. The maximum atomic E-state index is 13.0. The van der Waals surface area contributed by atoms with Crippen LogP contribution in [0.2, 0.25) is 0 Å². The molecule has 3 aromatic rings. The van der Waals surface area contributed by atoms with Gasteiger partial charge in [0.2, 0.25) is 10.0 Å². The second-order valence-electron chi connectivity index (χ2n) is 6.29. The van der Waals surface area contributed by atoms with Crippen molar-refractivity contribution in [1.82, 2.24) is 0 Å². The molecule has 27 heavy (non-hydrogen) atoms. The second kappa shape index (κ2) is 6.57. The molecule has 0 unspecified atom stereocenters. The van der Waals surface area contributed by atoms with E-state index in [-0.39, 0.29) is 10.7 Å². The molecule has 0 heterocycles. The lowest BCUT2D eigenvalue weighted by molar-refractivity contribution is 0.0988. The van der Waals surface area contributed by atoms with E-state index in [2.05, 4.69) is 0 Å². The van der Waals surface area contributed by atoms with Crippen molar-refractivity contribution in [3.05, 3.63) is 95.6 Å². The van der Waals surface area contributed by atoms with Gasteiger partial charge in [0.25, 0.3) is 0 Å². The van der Waals surface area contributed by atoms with Crippen LogP contribution in [0.15, 0.2) is 88.8 Å². The van der Waals surface area contributed by atoms with E-state index >= 15 is 0 Å². The number of hydrogen-bond donors (Lipinski definition) is 1. The normalized spacial score (nSPS) is 17.9. The van der Waals surface area contributed by atoms with E-state index in [4.69, 9.17) is 10.1 Å². The van der Waals surface area contributed by atoms with Crippen LogP contribution in [0.5, 0.6) is 0 Å². The molecular weight excluding hydrogens is 360 g/mol. The fraction of sp³-hybridized carbons (Fsp3) is 0.0476. The minimum Gasteiger partial charge on any atom is -0.293 e. The Morgan fingerprint density at radius 3 is 2.00 bits per heavy atom. The zero-order valence-corrected chi connectivity index (χ0v) is 15.1. The topological polar surface area (TPSA) is 89.6 Å². The van der Waals surface area contributed by atoms with Gasteiger partial charge in [-0.15, -0.1) is 0 Å². The first-order valence-corrected chi connectivity index (χ1v) is 9.90. The van der Waals surface area contributed by atoms with E-state index in [9.17, 15) is 13.2 Å². The van der Waals surface area contributed by atoms with Crippen molar-refractivity contribution < 1.29 is 13.2 Å². The Hall–Kier alpha value is -3.09. The van der Waals surface area contributed by atoms with Crippen LogP contribution in [0.25, 0.3) is 0 Å². The van der Waals surface area contributed by atoms with E-state index in [1.807, 2.05) is 48.5 Å². The van der Waals surface area contributed by atoms with Crippen molar-refractivity contribution in [3.8, 4) is 0 Å². The first-order chi connectivity index (χ1) is 12.9. The number of hydrogen-bond acceptors (Lipinski definition) is 4. The summed E-state index contributed by atoms with van der Waals surface area (Å²) < 4.78 is 22.9. The van der Waals surface area contributed by atoms with Crippen molar-refractivity contribution >= 4 is 27.2 Å². The Morgan fingerprint density at radius 2 is 1.37 bits per heavy atom. The van der Waals surface area contributed by atoms with Crippen LogP contribution in [-0.4, -0.2) is 19.9 Å². The summed E-state index contributed by atoms with van der Waals surface area (Å²) in [6.45, 7) is 0. The van der Waals surface area contributed by atoms with E-state index in [0.717, 1.165) is 11.1 Å². The van der Waals surface area contributed by atoms with Crippen molar-refractivity contribution in [2.24, 2.45) is 10.1 Å². The third-order valence-corrected chi connectivity index (χ3v) is 5.48. The summed E-state index contributed by atoms with van der Waals surface area (Å²) in [5.74, 6) is -0.474. The van der Waals surface area contributed by atoms with Gasteiger partial charge in [0.1, 0.15) is 0 Å². The molecule has 0 radical (unpaired) electrons. The average Bonchev–Trinajstić information content (AvgIpc) is 2.94. The Bertz CT molecular complexity index is 1150. The maximum absolute atomic E-state index is 13.0. The zero-order chi connectivity index (χ0) is 19.0. The number of rotatable bonds is 3. The highest BCUT2D eigenvalue weighted by molar-refractivity contribution is 7.89. The maximum Gasteiger partial charge on any atom is 0.238 e. The standard InChI is InChI=1S/C21H16N2O3S/c22-27(25,26)16-12-10-15(11-13-16)23-20-17-8-4-5-9-18(17)21(24)19(20)14-6-2-1-3-7-14/h1-13,19H,(H2,22,25,26)/t19-/m1/s1. The molecule has 1 aliphatic carbocycles. The molecule has 0 saturated heterocycles. The SMILES string of the molecule is NS(=O)(=O)c1ccc(N=C2c3ccccc3C(=O)[C@@H]2c2ccccc2)cc1. The number of nitrogens with zero attached hydrogens (tertiary/aromatic N) is 1. The Labute approximate surface area is 157 Å². The predicted molar refractivity (Wildman–Crippen MR) is 104 cm³/mol. The molecule has 1 atom stereocenters. The quantitative estimate of drug-likeness (QED) is 0.759. The molecule has 3 aromatic carbocycles. The highest BCUT2D eigenvalue weighted by Gasteiger charge is 2.37. The third-order valence-electron chi connectivity index (χ3n) is 4.55. The molecule has 4 rings (SSSR count). The minimum absolute atomic E-state index is 0.0108. The van der Waals surface area contributed by atoms with Gasteiger partial charge in [-0.3, -0.25) is 9.79 Å². The molecule has 2 N–H and O–H groups in total. The highest BCUT2D eigenvalue weighted by atomic mass is 32.2. The number of ketones is 1. The van der Waals surface area contributed by atoms with E-state index in [1.165, 1.54) is 12.1 Å². The first-order valence-electron chi connectivity index (χ1n) is 8.35. The van der Waals surface area contributed by atoms with E-state index < -0.39 is 15.9 Å². The van der Waals surface area contributed by atoms with Gasteiger partial charge in [0, 0.05) is 11.1 Å². The van der Waals surface area contributed by atoms with Gasteiger partial charge >= 0.3 is 0 Å². The van der Waals surface area contributed by atoms with Gasteiger partial charge in [-0.05, 0) is 29.8 Å². The van der Waals surface area contributed by atoms with Crippen molar-refractivity contribution in [2.45, 2.75) is 10.8 Å². The summed E-state index contributed by atoms with van der Waals surface area (Å²) in [6, 6.07) is 22.9. The molecule has 1 aliphatic rings. The molecular formula is C21H16N2O3S. The van der Waals surface area contributed by atoms with Gasteiger partial charge < -0.3 is 0 Å². The number of nitrogens with two attached hydrogens (primary N) is 1. The van der Waals surface area contributed by atoms with Crippen LogP contribution < -0.4 is 5.14 Å². The number of sulfonamides is 1. The van der Waals surface area contributed by atoms with Crippen LogP contribution in [0.1, 0.15) is 27.4 Å². The van der Waals surface area contributed by atoms with E-state index in [0.29, 0.717) is 17.0 Å². The monoisotopic (exact) mass is 376 g/mol.